The number of hydrogen-bond acceptors (Lipinski definition) is 2. The van der Waals surface area contributed by atoms with Gasteiger partial charge in [-0.2, -0.15) is 0 Å². The van der Waals surface area contributed by atoms with Crippen molar-refractivity contribution in [1.29, 1.82) is 0 Å². The maximum absolute atomic E-state index is 12.9. The van der Waals surface area contributed by atoms with E-state index in [1.54, 1.807) is 13.0 Å². The number of carbonyl (C=O) groups excluding carboxylic acids is 1. The molecule has 0 aliphatic heterocycles. The molecule has 0 aliphatic carbocycles. The van der Waals surface area contributed by atoms with Crippen molar-refractivity contribution >= 4 is 28.6 Å². The molecule has 0 saturated carbocycles. The first-order valence-electron chi connectivity index (χ1n) is 4.73. The predicted octanol–water partition coefficient (Wildman–Crippen LogP) is 2.93. The SMILES string of the molecule is CCOC(=O)CCc1cc(F)ccc1I. The minimum absolute atomic E-state index is 0.238. The third-order valence-corrected chi connectivity index (χ3v) is 2.96. The van der Waals surface area contributed by atoms with Crippen LogP contribution in [0.4, 0.5) is 4.39 Å². The van der Waals surface area contributed by atoms with Crippen LogP contribution < -0.4 is 0 Å². The Bertz CT molecular complexity index is 352. The first-order chi connectivity index (χ1) is 7.13. The molecule has 2 nitrogen and oxygen atoms in total. The van der Waals surface area contributed by atoms with Crippen molar-refractivity contribution in [3.63, 3.8) is 0 Å². The highest BCUT2D eigenvalue weighted by Crippen LogP contribution is 2.15. The summed E-state index contributed by atoms with van der Waals surface area (Å²) in [6.45, 7) is 2.16. The van der Waals surface area contributed by atoms with E-state index in [9.17, 15) is 9.18 Å². The van der Waals surface area contributed by atoms with E-state index in [-0.39, 0.29) is 11.8 Å². The molecule has 4 heteroatoms. The molecule has 0 radical (unpaired) electrons. The van der Waals surface area contributed by atoms with E-state index in [1.807, 2.05) is 0 Å². The predicted molar refractivity (Wildman–Crippen MR) is 64.1 cm³/mol. The molecule has 0 saturated heterocycles. The molecule has 0 spiro atoms. The summed E-state index contributed by atoms with van der Waals surface area (Å²) in [4.78, 5) is 11.1. The fourth-order valence-electron chi connectivity index (χ4n) is 1.20. The summed E-state index contributed by atoms with van der Waals surface area (Å²) in [5.41, 5.74) is 0.851. The van der Waals surface area contributed by atoms with E-state index in [0.717, 1.165) is 9.13 Å². The van der Waals surface area contributed by atoms with Gasteiger partial charge in [-0.1, -0.05) is 0 Å². The van der Waals surface area contributed by atoms with Gasteiger partial charge in [-0.15, -0.1) is 0 Å². The van der Waals surface area contributed by atoms with Gasteiger partial charge in [-0.25, -0.2) is 4.39 Å². The lowest BCUT2D eigenvalue weighted by molar-refractivity contribution is -0.143. The van der Waals surface area contributed by atoms with Crippen LogP contribution in [0.15, 0.2) is 18.2 Å². The minimum atomic E-state index is -0.269. The maximum Gasteiger partial charge on any atom is 0.306 e. The topological polar surface area (TPSA) is 26.3 Å². The van der Waals surface area contributed by atoms with Crippen LogP contribution in [-0.4, -0.2) is 12.6 Å². The fraction of sp³-hybridized carbons (Fsp3) is 0.364. The molecule has 1 aromatic rings. The highest BCUT2D eigenvalue weighted by atomic mass is 127. The Kier molecular flexibility index (Phi) is 5.01. The third kappa shape index (κ3) is 4.15. The molecule has 0 atom stereocenters. The minimum Gasteiger partial charge on any atom is -0.466 e. The van der Waals surface area contributed by atoms with E-state index in [1.165, 1.54) is 12.1 Å². The van der Waals surface area contributed by atoms with Crippen molar-refractivity contribution in [2.75, 3.05) is 6.61 Å². The lowest BCUT2D eigenvalue weighted by Crippen LogP contribution is -2.05. The zero-order valence-corrected chi connectivity index (χ0v) is 10.6. The molecule has 0 aliphatic rings. The molecule has 0 N–H and O–H groups in total. The van der Waals surface area contributed by atoms with Gasteiger partial charge in [0.05, 0.1) is 6.61 Å². The number of hydrogen-bond donors (Lipinski definition) is 0. The summed E-state index contributed by atoms with van der Waals surface area (Å²) in [5, 5.41) is 0. The number of rotatable bonds is 4. The molecule has 1 rings (SSSR count). The van der Waals surface area contributed by atoms with Gasteiger partial charge in [0, 0.05) is 9.99 Å². The van der Waals surface area contributed by atoms with Crippen LogP contribution in [0.5, 0.6) is 0 Å². The van der Waals surface area contributed by atoms with Crippen molar-refractivity contribution in [2.24, 2.45) is 0 Å². The third-order valence-electron chi connectivity index (χ3n) is 1.91. The molecule has 0 heterocycles. The van der Waals surface area contributed by atoms with Crippen LogP contribution in [0, 0.1) is 9.39 Å². The zero-order chi connectivity index (χ0) is 11.3. The monoisotopic (exact) mass is 322 g/mol. The van der Waals surface area contributed by atoms with Gasteiger partial charge < -0.3 is 4.74 Å². The van der Waals surface area contributed by atoms with Crippen LogP contribution in [-0.2, 0) is 16.0 Å². The summed E-state index contributed by atoms with van der Waals surface area (Å²) in [5.74, 6) is -0.508. The fourth-order valence-corrected chi connectivity index (χ4v) is 1.81. The van der Waals surface area contributed by atoms with Crippen molar-refractivity contribution in [3.8, 4) is 0 Å². The Morgan fingerprint density at radius 3 is 2.93 bits per heavy atom. The first kappa shape index (κ1) is 12.4. The van der Waals surface area contributed by atoms with Crippen LogP contribution in [0.2, 0.25) is 0 Å². The van der Waals surface area contributed by atoms with Crippen molar-refractivity contribution in [1.82, 2.24) is 0 Å². The Labute approximate surface area is 102 Å². The van der Waals surface area contributed by atoms with E-state index in [2.05, 4.69) is 22.6 Å². The smallest absolute Gasteiger partial charge is 0.306 e. The average molecular weight is 322 g/mol. The quantitative estimate of drug-likeness (QED) is 0.629. The van der Waals surface area contributed by atoms with E-state index in [4.69, 9.17) is 4.74 Å². The molecule has 0 bridgehead atoms. The molecule has 1 aromatic carbocycles. The highest BCUT2D eigenvalue weighted by Gasteiger charge is 2.06. The van der Waals surface area contributed by atoms with Gasteiger partial charge in [-0.3, -0.25) is 4.79 Å². The second-order valence-corrected chi connectivity index (χ2v) is 4.20. The van der Waals surface area contributed by atoms with Gasteiger partial charge in [0.2, 0.25) is 0 Å². The Morgan fingerprint density at radius 1 is 1.53 bits per heavy atom. The van der Waals surface area contributed by atoms with Crippen LogP contribution in [0.3, 0.4) is 0 Å². The van der Waals surface area contributed by atoms with Gasteiger partial charge in [0.1, 0.15) is 5.82 Å². The second-order valence-electron chi connectivity index (χ2n) is 3.04. The number of ether oxygens (including phenoxy) is 1. The maximum atomic E-state index is 12.9. The van der Waals surface area contributed by atoms with Crippen molar-refractivity contribution in [3.05, 3.63) is 33.1 Å². The Balaban J connectivity index is 2.57. The molecule has 15 heavy (non-hydrogen) atoms. The second kappa shape index (κ2) is 6.05. The number of carbonyl (C=O) groups is 1. The number of benzene rings is 1. The van der Waals surface area contributed by atoms with Gasteiger partial charge in [0.15, 0.2) is 0 Å². The highest BCUT2D eigenvalue weighted by molar-refractivity contribution is 14.1. The molecule has 82 valence electrons. The largest absolute Gasteiger partial charge is 0.466 e. The summed E-state index contributed by atoms with van der Waals surface area (Å²) in [7, 11) is 0. The molecule has 0 amide bonds. The van der Waals surface area contributed by atoms with Gasteiger partial charge in [0.25, 0.3) is 0 Å². The van der Waals surface area contributed by atoms with E-state index >= 15 is 0 Å². The lowest BCUT2D eigenvalue weighted by Gasteiger charge is -2.04. The lowest BCUT2D eigenvalue weighted by atomic mass is 10.1. The Morgan fingerprint density at radius 2 is 2.27 bits per heavy atom. The Hall–Kier alpha value is -0.650. The molecule has 0 fully saturated rings. The summed E-state index contributed by atoms with van der Waals surface area (Å²) in [6.07, 6.45) is 0.822. The number of esters is 1. The van der Waals surface area contributed by atoms with E-state index < -0.39 is 0 Å². The van der Waals surface area contributed by atoms with Crippen LogP contribution in [0.25, 0.3) is 0 Å². The summed E-state index contributed by atoms with van der Waals surface area (Å²) < 4.78 is 18.7. The van der Waals surface area contributed by atoms with Crippen molar-refractivity contribution < 1.29 is 13.9 Å². The zero-order valence-electron chi connectivity index (χ0n) is 8.43. The van der Waals surface area contributed by atoms with Crippen LogP contribution >= 0.6 is 22.6 Å². The molecule has 0 unspecified atom stereocenters. The van der Waals surface area contributed by atoms with Gasteiger partial charge in [-0.05, 0) is 59.7 Å². The standard InChI is InChI=1S/C11H12FIO2/c1-2-15-11(14)6-3-8-7-9(12)4-5-10(8)13/h4-5,7H,2-3,6H2,1H3. The van der Waals surface area contributed by atoms with E-state index in [0.29, 0.717) is 19.4 Å². The summed E-state index contributed by atoms with van der Waals surface area (Å²) >= 11 is 2.13. The van der Waals surface area contributed by atoms with Crippen LogP contribution in [0.1, 0.15) is 18.9 Å². The normalized spacial score (nSPS) is 10.1. The first-order valence-corrected chi connectivity index (χ1v) is 5.81. The van der Waals surface area contributed by atoms with Crippen molar-refractivity contribution in [2.45, 2.75) is 19.8 Å². The molecule has 0 aromatic heterocycles. The average Bonchev–Trinajstić information content (AvgIpc) is 2.20. The number of halogens is 2. The number of aryl methyl sites for hydroxylation is 1. The molecular weight excluding hydrogens is 310 g/mol. The summed E-state index contributed by atoms with van der Waals surface area (Å²) in [6, 6.07) is 4.58. The molecular formula is C11H12FIO2. The van der Waals surface area contributed by atoms with Gasteiger partial charge >= 0.3 is 5.97 Å².